The van der Waals surface area contributed by atoms with Crippen molar-refractivity contribution in [3.05, 3.63) is 65.7 Å². The van der Waals surface area contributed by atoms with E-state index in [1.807, 2.05) is 6.07 Å². The molecule has 0 aliphatic carbocycles. The minimum Gasteiger partial charge on any atom is -0.491 e. The molecule has 0 atom stereocenters. The van der Waals surface area contributed by atoms with Gasteiger partial charge in [-0.15, -0.1) is 0 Å². The summed E-state index contributed by atoms with van der Waals surface area (Å²) in [5.41, 5.74) is 3.53. The van der Waals surface area contributed by atoms with Gasteiger partial charge in [0.05, 0.1) is 30.6 Å². The Bertz CT molecular complexity index is 908. The fourth-order valence-corrected chi connectivity index (χ4v) is 3.41. The normalized spacial score (nSPS) is 14.1. The predicted molar refractivity (Wildman–Crippen MR) is 108 cm³/mol. The SMILES string of the molecule is CC(C)Oc1cccc(CN2CCn3nc(CNc4ncccn4)cc3C2)c1. The van der Waals surface area contributed by atoms with E-state index in [1.165, 1.54) is 11.3 Å². The van der Waals surface area contributed by atoms with Gasteiger partial charge in [-0.1, -0.05) is 12.1 Å². The van der Waals surface area contributed by atoms with Crippen LogP contribution >= 0.6 is 0 Å². The molecule has 4 rings (SSSR count). The number of fused-ring (bicyclic) bond motifs is 1. The Morgan fingerprint density at radius 1 is 1.11 bits per heavy atom. The average molecular weight is 378 g/mol. The number of hydrogen-bond acceptors (Lipinski definition) is 6. The van der Waals surface area contributed by atoms with Gasteiger partial charge in [0.25, 0.3) is 0 Å². The highest BCUT2D eigenvalue weighted by Gasteiger charge is 2.18. The Morgan fingerprint density at radius 3 is 2.79 bits per heavy atom. The number of rotatable bonds is 7. The number of ether oxygens (including phenoxy) is 1. The molecule has 3 aromatic rings. The van der Waals surface area contributed by atoms with Crippen molar-refractivity contribution in [1.29, 1.82) is 0 Å². The van der Waals surface area contributed by atoms with Gasteiger partial charge in [-0.3, -0.25) is 9.58 Å². The van der Waals surface area contributed by atoms with E-state index in [0.29, 0.717) is 12.5 Å². The summed E-state index contributed by atoms with van der Waals surface area (Å²) in [5, 5.41) is 7.92. The van der Waals surface area contributed by atoms with Crippen LogP contribution in [0.1, 0.15) is 30.8 Å². The summed E-state index contributed by atoms with van der Waals surface area (Å²) in [4.78, 5) is 10.8. The van der Waals surface area contributed by atoms with Crippen molar-refractivity contribution in [1.82, 2.24) is 24.6 Å². The third-order valence-electron chi connectivity index (χ3n) is 4.60. The summed E-state index contributed by atoms with van der Waals surface area (Å²) in [6.45, 7) is 8.41. The van der Waals surface area contributed by atoms with Crippen molar-refractivity contribution in [3.8, 4) is 5.75 Å². The first-order chi connectivity index (χ1) is 13.7. The maximum absolute atomic E-state index is 5.82. The van der Waals surface area contributed by atoms with Crippen LogP contribution in [-0.2, 0) is 26.2 Å². The molecule has 0 spiro atoms. The van der Waals surface area contributed by atoms with Crippen molar-refractivity contribution < 1.29 is 4.74 Å². The summed E-state index contributed by atoms with van der Waals surface area (Å²) in [5.74, 6) is 1.56. The van der Waals surface area contributed by atoms with Crippen molar-refractivity contribution in [2.45, 2.75) is 46.1 Å². The van der Waals surface area contributed by atoms with E-state index < -0.39 is 0 Å². The van der Waals surface area contributed by atoms with Crippen molar-refractivity contribution >= 4 is 5.95 Å². The number of aromatic nitrogens is 4. The maximum Gasteiger partial charge on any atom is 0.222 e. The van der Waals surface area contributed by atoms with E-state index in [4.69, 9.17) is 9.84 Å². The van der Waals surface area contributed by atoms with Crippen LogP contribution in [-0.4, -0.2) is 37.3 Å². The summed E-state index contributed by atoms with van der Waals surface area (Å²) >= 11 is 0. The molecule has 1 aliphatic rings. The predicted octanol–water partition coefficient (Wildman–Crippen LogP) is 3.09. The number of anilines is 1. The molecule has 0 amide bonds. The Kier molecular flexibility index (Phi) is 5.53. The molecule has 1 N–H and O–H groups in total. The van der Waals surface area contributed by atoms with Gasteiger partial charge >= 0.3 is 0 Å². The summed E-state index contributed by atoms with van der Waals surface area (Å²) in [6.07, 6.45) is 3.65. The highest BCUT2D eigenvalue weighted by Crippen LogP contribution is 2.20. The topological polar surface area (TPSA) is 68.1 Å². The van der Waals surface area contributed by atoms with Crippen molar-refractivity contribution in [3.63, 3.8) is 0 Å². The van der Waals surface area contributed by atoms with Gasteiger partial charge in [0.1, 0.15) is 5.75 Å². The van der Waals surface area contributed by atoms with Crippen LogP contribution in [0.2, 0.25) is 0 Å². The van der Waals surface area contributed by atoms with E-state index in [9.17, 15) is 0 Å². The molecule has 7 heteroatoms. The number of nitrogens with one attached hydrogen (secondary N) is 1. The molecule has 28 heavy (non-hydrogen) atoms. The lowest BCUT2D eigenvalue weighted by atomic mass is 10.2. The zero-order chi connectivity index (χ0) is 19.3. The molecule has 0 bridgehead atoms. The van der Waals surface area contributed by atoms with Crippen molar-refractivity contribution in [2.75, 3.05) is 11.9 Å². The van der Waals surface area contributed by atoms with E-state index in [0.717, 1.165) is 37.6 Å². The molecule has 7 nitrogen and oxygen atoms in total. The van der Waals surface area contributed by atoms with Gasteiger partial charge in [-0.2, -0.15) is 5.10 Å². The standard InChI is InChI=1S/C21H26N6O/c1-16(2)28-20-6-3-5-17(11-20)14-26-9-10-27-19(15-26)12-18(25-27)13-24-21-22-7-4-8-23-21/h3-8,11-12,16H,9-10,13-15H2,1-2H3,(H,22,23,24). The van der Waals surface area contributed by atoms with Crippen LogP contribution in [0.4, 0.5) is 5.95 Å². The second-order valence-electron chi connectivity index (χ2n) is 7.30. The lowest BCUT2D eigenvalue weighted by Crippen LogP contribution is -2.33. The van der Waals surface area contributed by atoms with Gasteiger partial charge in [0.15, 0.2) is 0 Å². The molecular formula is C21H26N6O. The summed E-state index contributed by atoms with van der Waals surface area (Å²) < 4.78 is 7.93. The van der Waals surface area contributed by atoms with Gasteiger partial charge in [0, 0.05) is 32.0 Å². The zero-order valence-corrected chi connectivity index (χ0v) is 16.4. The third-order valence-corrected chi connectivity index (χ3v) is 4.60. The lowest BCUT2D eigenvalue weighted by Gasteiger charge is -2.27. The minimum absolute atomic E-state index is 0.188. The largest absolute Gasteiger partial charge is 0.491 e. The Labute approximate surface area is 165 Å². The maximum atomic E-state index is 5.82. The molecule has 0 fully saturated rings. The summed E-state index contributed by atoms with van der Waals surface area (Å²) in [6, 6.07) is 12.4. The van der Waals surface area contributed by atoms with E-state index in [2.05, 4.69) is 63.0 Å². The Morgan fingerprint density at radius 2 is 1.96 bits per heavy atom. The van der Waals surface area contributed by atoms with Crippen LogP contribution < -0.4 is 10.1 Å². The molecule has 146 valence electrons. The van der Waals surface area contributed by atoms with Gasteiger partial charge in [0.2, 0.25) is 5.95 Å². The highest BCUT2D eigenvalue weighted by molar-refractivity contribution is 5.29. The fraction of sp³-hybridized carbons (Fsp3) is 0.381. The van der Waals surface area contributed by atoms with E-state index in [1.54, 1.807) is 18.5 Å². The van der Waals surface area contributed by atoms with E-state index >= 15 is 0 Å². The first-order valence-electron chi connectivity index (χ1n) is 9.70. The number of hydrogen-bond donors (Lipinski definition) is 1. The van der Waals surface area contributed by atoms with Gasteiger partial charge in [-0.25, -0.2) is 9.97 Å². The smallest absolute Gasteiger partial charge is 0.222 e. The second kappa shape index (κ2) is 8.39. The minimum atomic E-state index is 0.188. The molecule has 1 aliphatic heterocycles. The van der Waals surface area contributed by atoms with Crippen LogP contribution in [0, 0.1) is 0 Å². The first-order valence-corrected chi connectivity index (χ1v) is 9.70. The average Bonchev–Trinajstić information content (AvgIpc) is 3.09. The van der Waals surface area contributed by atoms with Crippen molar-refractivity contribution in [2.24, 2.45) is 0 Å². The summed E-state index contributed by atoms with van der Waals surface area (Å²) in [7, 11) is 0. The Balaban J connectivity index is 1.36. The molecule has 2 aromatic heterocycles. The van der Waals surface area contributed by atoms with Crippen LogP contribution in [0.25, 0.3) is 0 Å². The monoisotopic (exact) mass is 378 g/mol. The lowest BCUT2D eigenvalue weighted by molar-refractivity contribution is 0.204. The number of nitrogens with zero attached hydrogens (tertiary/aromatic N) is 5. The zero-order valence-electron chi connectivity index (χ0n) is 16.4. The number of benzene rings is 1. The first kappa shape index (κ1) is 18.4. The molecular weight excluding hydrogens is 352 g/mol. The third kappa shape index (κ3) is 4.67. The molecule has 1 aromatic carbocycles. The second-order valence-corrected chi connectivity index (χ2v) is 7.30. The fourth-order valence-electron chi connectivity index (χ4n) is 3.41. The van der Waals surface area contributed by atoms with Gasteiger partial charge < -0.3 is 10.1 Å². The molecule has 0 saturated heterocycles. The molecule has 0 saturated carbocycles. The van der Waals surface area contributed by atoms with Crippen LogP contribution in [0.5, 0.6) is 5.75 Å². The highest BCUT2D eigenvalue weighted by atomic mass is 16.5. The van der Waals surface area contributed by atoms with Crippen LogP contribution in [0.3, 0.4) is 0 Å². The Hall–Kier alpha value is -2.93. The van der Waals surface area contributed by atoms with Gasteiger partial charge in [-0.05, 0) is 43.7 Å². The quantitative estimate of drug-likeness (QED) is 0.681. The molecule has 3 heterocycles. The van der Waals surface area contributed by atoms with E-state index in [-0.39, 0.29) is 6.10 Å². The molecule has 0 unspecified atom stereocenters. The van der Waals surface area contributed by atoms with Crippen LogP contribution in [0.15, 0.2) is 48.8 Å². The molecule has 0 radical (unpaired) electrons.